The first-order chi connectivity index (χ1) is 32.2. The van der Waals surface area contributed by atoms with Crippen LogP contribution in [0.1, 0.15) is 77.7 Å². The number of imide groups is 1. The summed E-state index contributed by atoms with van der Waals surface area (Å²) in [6.07, 6.45) is 0.254. The first-order valence-corrected chi connectivity index (χ1v) is 23.4. The highest BCUT2D eigenvalue weighted by atomic mass is 35.5. The summed E-state index contributed by atoms with van der Waals surface area (Å²) in [5, 5.41) is 18.7. The number of anilines is 1. The van der Waals surface area contributed by atoms with E-state index in [1.54, 1.807) is 30.3 Å². The minimum Gasteiger partial charge on any atom is -0.449 e. The Bertz CT molecular complexity index is 2570. The molecule has 1 aliphatic carbocycles. The number of hydrogen-bond acceptors (Lipinski definition) is 10. The topological polar surface area (TPSA) is 233 Å². The first-order valence-electron chi connectivity index (χ1n) is 21.8. The lowest BCUT2D eigenvalue weighted by atomic mass is 9.98. The summed E-state index contributed by atoms with van der Waals surface area (Å²) in [5.41, 5.74) is 7.62. The molecule has 0 radical (unpaired) electrons. The van der Waals surface area contributed by atoms with Crippen LogP contribution in [0, 0.1) is 0 Å². The number of hydrogen-bond donors (Lipinski definition) is 7. The second-order valence-electron chi connectivity index (χ2n) is 16.5. The minimum atomic E-state index is -1.01. The Morgan fingerprint density at radius 3 is 2.12 bits per heavy atom. The van der Waals surface area contributed by atoms with E-state index in [0.717, 1.165) is 38.9 Å². The van der Waals surface area contributed by atoms with Crippen molar-refractivity contribution in [3.05, 3.63) is 123 Å². The molecule has 7 N–H and O–H groups in total. The van der Waals surface area contributed by atoms with Gasteiger partial charge in [-0.3, -0.25) is 34.1 Å². The van der Waals surface area contributed by atoms with Crippen LogP contribution in [0.4, 0.5) is 15.3 Å². The maximum absolute atomic E-state index is 13.0. The second kappa shape index (κ2) is 21.6. The number of carbonyl (C=O) groups is 8. The molecule has 17 nitrogen and oxygen atoms in total. The number of nitrogens with zero attached hydrogens (tertiary/aromatic N) is 1. The zero-order valence-corrected chi connectivity index (χ0v) is 38.6. The maximum atomic E-state index is 13.0. The number of fused-ring (bicyclic) bond motifs is 4. The molecule has 350 valence electrons. The molecule has 2 heterocycles. The van der Waals surface area contributed by atoms with Crippen molar-refractivity contribution in [1.29, 1.82) is 0 Å². The molecule has 0 saturated carbocycles. The third-order valence-electron chi connectivity index (χ3n) is 11.8. The summed E-state index contributed by atoms with van der Waals surface area (Å²) >= 11 is 7.98. The van der Waals surface area contributed by atoms with Gasteiger partial charge in [0.2, 0.25) is 29.5 Å². The van der Waals surface area contributed by atoms with Gasteiger partial charge in [-0.15, -0.1) is 11.8 Å². The summed E-state index contributed by atoms with van der Waals surface area (Å²) in [5.74, 6) is -1.96. The van der Waals surface area contributed by atoms with Crippen LogP contribution in [0.15, 0.2) is 84.9 Å². The Kier molecular flexibility index (Phi) is 15.5. The molecule has 9 amide bonds. The van der Waals surface area contributed by atoms with Crippen molar-refractivity contribution in [2.45, 2.75) is 83.2 Å². The van der Waals surface area contributed by atoms with Crippen LogP contribution in [-0.4, -0.2) is 94.9 Å². The van der Waals surface area contributed by atoms with Crippen LogP contribution in [0.25, 0.3) is 11.1 Å². The highest BCUT2D eigenvalue weighted by molar-refractivity contribution is 7.99. The monoisotopic (exact) mass is 950 g/mol. The normalized spacial score (nSPS) is 16.3. The van der Waals surface area contributed by atoms with Gasteiger partial charge in [0.25, 0.3) is 5.91 Å². The lowest BCUT2D eigenvalue weighted by Crippen LogP contribution is -2.54. The summed E-state index contributed by atoms with van der Waals surface area (Å²) in [6.45, 7) is 4.98. The predicted molar refractivity (Wildman–Crippen MR) is 252 cm³/mol. The summed E-state index contributed by atoms with van der Waals surface area (Å²) in [4.78, 5) is 102. The van der Waals surface area contributed by atoms with Crippen molar-refractivity contribution in [3.8, 4) is 11.1 Å². The Labute approximate surface area is 396 Å². The number of rotatable bonds is 17. The molecule has 1 saturated heterocycles. The van der Waals surface area contributed by atoms with Crippen molar-refractivity contribution in [1.82, 2.24) is 36.8 Å². The van der Waals surface area contributed by atoms with Crippen molar-refractivity contribution in [3.63, 3.8) is 0 Å². The molecular formula is C48H51ClN8O9S. The van der Waals surface area contributed by atoms with Gasteiger partial charge in [-0.25, -0.2) is 9.59 Å². The van der Waals surface area contributed by atoms with Crippen molar-refractivity contribution in [2.75, 3.05) is 23.6 Å². The van der Waals surface area contributed by atoms with Gasteiger partial charge in [0, 0.05) is 41.7 Å². The van der Waals surface area contributed by atoms with Gasteiger partial charge >= 0.3 is 12.1 Å². The second-order valence-corrected chi connectivity index (χ2v) is 18.0. The quantitative estimate of drug-likeness (QED) is 0.0438. The molecule has 3 aliphatic rings. The van der Waals surface area contributed by atoms with Gasteiger partial charge in [0.05, 0.1) is 5.88 Å². The molecule has 1 fully saturated rings. The molecule has 0 spiro atoms. The highest BCUT2D eigenvalue weighted by Gasteiger charge is 2.39. The Balaban J connectivity index is 0.756. The molecule has 19 heteroatoms. The van der Waals surface area contributed by atoms with Crippen molar-refractivity contribution >= 4 is 76.6 Å². The van der Waals surface area contributed by atoms with Crippen LogP contribution >= 0.6 is 23.4 Å². The molecule has 0 bridgehead atoms. The summed E-state index contributed by atoms with van der Waals surface area (Å²) < 4.78 is 5.53. The van der Waals surface area contributed by atoms with Gasteiger partial charge < -0.3 is 41.5 Å². The smallest absolute Gasteiger partial charge is 0.407 e. The zero-order valence-electron chi connectivity index (χ0n) is 37.0. The predicted octanol–water partition coefficient (Wildman–Crippen LogP) is 4.71. The van der Waals surface area contributed by atoms with Gasteiger partial charge in [-0.05, 0) is 96.5 Å². The van der Waals surface area contributed by atoms with E-state index in [-0.39, 0.29) is 56.1 Å². The number of nitrogens with one attached hydrogen (secondary N) is 7. The van der Waals surface area contributed by atoms with E-state index in [9.17, 15) is 38.4 Å². The van der Waals surface area contributed by atoms with E-state index in [2.05, 4.69) is 37.2 Å². The van der Waals surface area contributed by atoms with Gasteiger partial charge in [-0.1, -0.05) is 78.3 Å². The van der Waals surface area contributed by atoms with Crippen LogP contribution in [-0.2, 0) is 48.2 Å². The lowest BCUT2D eigenvalue weighted by Gasteiger charge is -2.29. The molecule has 7 rings (SSSR count). The number of aryl methyl sites for hydroxylation is 1. The molecule has 0 aromatic heterocycles. The number of ether oxygens (including phenoxy) is 1. The summed E-state index contributed by atoms with van der Waals surface area (Å²) in [6, 6.07) is 22.3. The average molecular weight is 952 g/mol. The van der Waals surface area contributed by atoms with Crippen LogP contribution in [0.3, 0.4) is 0 Å². The summed E-state index contributed by atoms with van der Waals surface area (Å²) in [7, 11) is 0. The Morgan fingerprint density at radius 1 is 0.791 bits per heavy atom. The highest BCUT2D eigenvalue weighted by Crippen LogP contribution is 2.44. The SMILES string of the molecule is C[C@H](NC(=O)OCC1c2ccccc2-c2ccccc21)C(=O)N[C@H](C)C(=O)N[C@@H](C)C(=O)NCSCCc1ccc(NC(=O)NCc2ccc3c(c2)CN(C2CCC(=O)NC2=O)C3=O)cc1Cl. The number of benzene rings is 4. The number of carbonyl (C=O) groups excluding carboxylic acids is 8. The van der Waals surface area contributed by atoms with Crippen molar-refractivity contribution < 1.29 is 43.1 Å². The van der Waals surface area contributed by atoms with E-state index in [1.165, 1.54) is 37.4 Å². The average Bonchev–Trinajstić information content (AvgIpc) is 3.81. The van der Waals surface area contributed by atoms with Gasteiger partial charge in [0.1, 0.15) is 30.8 Å². The van der Waals surface area contributed by atoms with Crippen LogP contribution in [0.5, 0.6) is 0 Å². The third-order valence-corrected chi connectivity index (χ3v) is 13.0. The van der Waals surface area contributed by atoms with Gasteiger partial charge in [-0.2, -0.15) is 0 Å². The number of halogens is 1. The fourth-order valence-electron chi connectivity index (χ4n) is 8.14. The minimum absolute atomic E-state index is 0.0853. The molecule has 1 unspecified atom stereocenters. The number of urea groups is 1. The molecule has 67 heavy (non-hydrogen) atoms. The molecule has 4 aromatic rings. The van der Waals surface area contributed by atoms with Crippen LogP contribution < -0.4 is 37.2 Å². The third kappa shape index (κ3) is 11.7. The standard InChI is InChI=1S/C48H51ClN8O9S/c1-26(52-43(60)27(2)53-44(61)28(3)54-48(65)66-24-38-36-10-6-4-8-34(36)35-9-5-7-11-37(35)38)42(59)51-25-67-19-18-30-13-14-32(21-39(30)49)55-47(64)50-22-29-12-15-33-31(20-29)23-57(46(33)63)40-16-17-41(58)56-45(40)62/h4-15,20-21,26-28,38,40H,16-19,22-25H2,1-3H3,(H,51,59)(H,52,60)(H,53,61)(H,54,65)(H2,50,55,64)(H,56,58,62)/t26-,27+,28-,40?/m0/s1. The van der Waals surface area contributed by atoms with E-state index in [0.29, 0.717) is 28.4 Å². The van der Waals surface area contributed by atoms with E-state index < -0.39 is 59.9 Å². The van der Waals surface area contributed by atoms with E-state index in [4.69, 9.17) is 16.3 Å². The lowest BCUT2D eigenvalue weighted by molar-refractivity contribution is -0.137. The largest absolute Gasteiger partial charge is 0.449 e. The first kappa shape index (κ1) is 48.0. The van der Waals surface area contributed by atoms with Crippen LogP contribution in [0.2, 0.25) is 5.02 Å². The Morgan fingerprint density at radius 2 is 1.45 bits per heavy atom. The fraction of sp³-hybridized carbons (Fsp3) is 0.333. The number of piperidine rings is 1. The molecule has 4 atom stereocenters. The Hall–Kier alpha value is -6.92. The van der Waals surface area contributed by atoms with Crippen molar-refractivity contribution in [2.24, 2.45) is 0 Å². The number of thioether (sulfide) groups is 1. The van der Waals surface area contributed by atoms with E-state index in [1.807, 2.05) is 54.6 Å². The molecule has 4 aromatic carbocycles. The zero-order chi connectivity index (χ0) is 47.8. The fourth-order valence-corrected chi connectivity index (χ4v) is 9.17. The van der Waals surface area contributed by atoms with Gasteiger partial charge in [0.15, 0.2) is 0 Å². The number of amides is 9. The molecule has 2 aliphatic heterocycles. The maximum Gasteiger partial charge on any atom is 0.407 e. The molecular weight excluding hydrogens is 900 g/mol. The van der Waals surface area contributed by atoms with E-state index >= 15 is 0 Å². The number of alkyl carbamates (subject to hydrolysis) is 1.